The summed E-state index contributed by atoms with van der Waals surface area (Å²) >= 11 is 6.18. The Morgan fingerprint density at radius 1 is 1.26 bits per heavy atom. The topological polar surface area (TPSA) is 79.9 Å². The maximum absolute atomic E-state index is 12.1. The number of methoxy groups -OCH3 is 1. The number of aromatic nitrogens is 2. The highest BCUT2D eigenvalue weighted by molar-refractivity contribution is 6.31. The lowest BCUT2D eigenvalue weighted by molar-refractivity contribution is 0.402. The zero-order chi connectivity index (χ0) is 19.4. The fourth-order valence-corrected chi connectivity index (χ4v) is 2.75. The molecule has 0 bridgehead atoms. The Balaban J connectivity index is 2.01. The van der Waals surface area contributed by atoms with E-state index in [0.29, 0.717) is 23.1 Å². The van der Waals surface area contributed by atoms with Crippen LogP contribution in [0.2, 0.25) is 5.02 Å². The Kier molecular flexibility index (Phi) is 5.43. The lowest BCUT2D eigenvalue weighted by Gasteiger charge is -2.16. The summed E-state index contributed by atoms with van der Waals surface area (Å²) in [5.41, 5.74) is 2.69. The molecule has 1 N–H and O–H groups in total. The molecule has 0 aliphatic rings. The van der Waals surface area contributed by atoms with Crippen molar-refractivity contribution in [3.63, 3.8) is 0 Å². The molecular formula is C20H17ClN4O2. The monoisotopic (exact) mass is 380 g/mol. The van der Waals surface area contributed by atoms with Gasteiger partial charge in [0.25, 0.3) is 0 Å². The van der Waals surface area contributed by atoms with Crippen LogP contribution in [-0.2, 0) is 6.54 Å². The summed E-state index contributed by atoms with van der Waals surface area (Å²) in [5.74, 6) is 0.521. The Labute approximate surface area is 161 Å². The number of hydrogen-bond donors (Lipinski definition) is 1. The van der Waals surface area contributed by atoms with Gasteiger partial charge in [-0.15, -0.1) is 0 Å². The number of anilines is 2. The van der Waals surface area contributed by atoms with Crippen molar-refractivity contribution in [2.45, 2.75) is 13.5 Å². The van der Waals surface area contributed by atoms with E-state index in [1.807, 2.05) is 31.2 Å². The van der Waals surface area contributed by atoms with Gasteiger partial charge in [-0.1, -0.05) is 29.8 Å². The zero-order valence-electron chi connectivity index (χ0n) is 14.9. The van der Waals surface area contributed by atoms with E-state index >= 15 is 0 Å². The summed E-state index contributed by atoms with van der Waals surface area (Å²) in [4.78, 5) is 16.3. The lowest BCUT2D eigenvalue weighted by atomic mass is 10.1. The van der Waals surface area contributed by atoms with E-state index in [4.69, 9.17) is 21.6 Å². The molecule has 0 atom stereocenters. The van der Waals surface area contributed by atoms with Crippen LogP contribution in [0.5, 0.6) is 5.75 Å². The zero-order valence-corrected chi connectivity index (χ0v) is 15.6. The van der Waals surface area contributed by atoms with Crippen LogP contribution in [0.15, 0.2) is 53.5 Å². The van der Waals surface area contributed by atoms with E-state index in [9.17, 15) is 4.79 Å². The summed E-state index contributed by atoms with van der Waals surface area (Å²) < 4.78 is 6.90. The maximum atomic E-state index is 12.1. The van der Waals surface area contributed by atoms with Gasteiger partial charge in [0, 0.05) is 10.7 Å². The molecule has 7 heteroatoms. The number of benzene rings is 2. The van der Waals surface area contributed by atoms with Gasteiger partial charge in [-0.25, -0.2) is 0 Å². The van der Waals surface area contributed by atoms with Crippen molar-refractivity contribution in [2.75, 3.05) is 12.4 Å². The molecule has 0 saturated carbocycles. The van der Waals surface area contributed by atoms with Crippen molar-refractivity contribution in [1.82, 2.24) is 9.55 Å². The van der Waals surface area contributed by atoms with Crippen molar-refractivity contribution in [3.05, 3.63) is 80.7 Å². The van der Waals surface area contributed by atoms with Crippen molar-refractivity contribution in [1.29, 1.82) is 5.26 Å². The van der Waals surface area contributed by atoms with Crippen LogP contribution in [0, 0.1) is 18.3 Å². The van der Waals surface area contributed by atoms with Crippen LogP contribution in [0.4, 0.5) is 11.6 Å². The Morgan fingerprint density at radius 2 is 2.00 bits per heavy atom. The molecule has 3 rings (SSSR count). The predicted octanol–water partition coefficient (Wildman–Crippen LogP) is 3.88. The van der Waals surface area contributed by atoms with Gasteiger partial charge in [0.05, 0.1) is 31.5 Å². The van der Waals surface area contributed by atoms with E-state index in [2.05, 4.69) is 16.4 Å². The van der Waals surface area contributed by atoms with E-state index < -0.39 is 5.56 Å². The molecule has 0 aliphatic heterocycles. The first-order valence-corrected chi connectivity index (χ1v) is 8.56. The third-order valence-electron chi connectivity index (χ3n) is 4.13. The molecule has 1 heterocycles. The molecule has 0 spiro atoms. The first kappa shape index (κ1) is 18.5. The number of nitrogens with one attached hydrogen (secondary N) is 1. The van der Waals surface area contributed by atoms with Crippen LogP contribution in [-0.4, -0.2) is 16.7 Å². The van der Waals surface area contributed by atoms with Gasteiger partial charge >= 0.3 is 5.56 Å². The second kappa shape index (κ2) is 7.94. The highest BCUT2D eigenvalue weighted by Gasteiger charge is 2.12. The van der Waals surface area contributed by atoms with Crippen LogP contribution in [0.3, 0.4) is 0 Å². The molecule has 1 aromatic heterocycles. The standard InChI is InChI=1S/C20H17ClN4O2/c1-13-16(21)4-3-5-17(13)23-20-24-19(26)18(27-2)12-25(20)11-15-8-6-14(10-22)7-9-15/h3-9,12H,11H2,1-2H3,(H,23,24,26). The molecule has 0 aliphatic carbocycles. The van der Waals surface area contributed by atoms with Crippen molar-refractivity contribution >= 4 is 23.2 Å². The molecule has 2 aromatic carbocycles. The highest BCUT2D eigenvalue weighted by Crippen LogP contribution is 2.26. The van der Waals surface area contributed by atoms with Gasteiger partial charge in [-0.3, -0.25) is 4.79 Å². The van der Waals surface area contributed by atoms with Crippen LogP contribution >= 0.6 is 11.6 Å². The Morgan fingerprint density at radius 3 is 2.67 bits per heavy atom. The quantitative estimate of drug-likeness (QED) is 0.726. The number of nitrogens with zero attached hydrogens (tertiary/aromatic N) is 3. The molecule has 6 nitrogen and oxygen atoms in total. The summed E-state index contributed by atoms with van der Waals surface area (Å²) in [6, 6.07) is 14.8. The number of halogens is 1. The van der Waals surface area contributed by atoms with Crippen molar-refractivity contribution < 1.29 is 4.74 Å². The smallest absolute Gasteiger partial charge is 0.316 e. The minimum Gasteiger partial charge on any atom is -0.490 e. The summed E-state index contributed by atoms with van der Waals surface area (Å²) in [6.45, 7) is 2.33. The van der Waals surface area contributed by atoms with E-state index in [0.717, 1.165) is 16.8 Å². The molecule has 0 saturated heterocycles. The average Bonchev–Trinajstić information content (AvgIpc) is 2.68. The molecule has 0 radical (unpaired) electrons. The van der Waals surface area contributed by atoms with Crippen molar-refractivity contribution in [2.24, 2.45) is 0 Å². The van der Waals surface area contributed by atoms with Gasteiger partial charge in [-0.2, -0.15) is 10.2 Å². The fourth-order valence-electron chi connectivity index (χ4n) is 2.58. The number of rotatable bonds is 5. The highest BCUT2D eigenvalue weighted by atomic mass is 35.5. The van der Waals surface area contributed by atoms with Gasteiger partial charge in [0.1, 0.15) is 0 Å². The maximum Gasteiger partial charge on any atom is 0.316 e. The van der Waals surface area contributed by atoms with Crippen molar-refractivity contribution in [3.8, 4) is 11.8 Å². The third-order valence-corrected chi connectivity index (χ3v) is 4.54. The first-order chi connectivity index (χ1) is 13.0. The minimum absolute atomic E-state index is 0.150. The minimum atomic E-state index is -0.462. The molecule has 0 amide bonds. The molecule has 0 fully saturated rings. The molecular weight excluding hydrogens is 364 g/mol. The fraction of sp³-hybridized carbons (Fsp3) is 0.150. The summed E-state index contributed by atoms with van der Waals surface area (Å²) in [6.07, 6.45) is 1.61. The molecule has 3 aromatic rings. The lowest BCUT2D eigenvalue weighted by Crippen LogP contribution is -2.19. The molecule has 136 valence electrons. The predicted molar refractivity (Wildman–Crippen MR) is 105 cm³/mol. The van der Waals surface area contributed by atoms with Gasteiger partial charge in [0.15, 0.2) is 0 Å². The second-order valence-electron chi connectivity index (χ2n) is 5.91. The molecule has 27 heavy (non-hydrogen) atoms. The third kappa shape index (κ3) is 4.10. The second-order valence-corrected chi connectivity index (χ2v) is 6.32. The number of hydrogen-bond acceptors (Lipinski definition) is 5. The summed E-state index contributed by atoms with van der Waals surface area (Å²) in [5, 5.41) is 12.7. The SMILES string of the molecule is COc1cn(Cc2ccc(C#N)cc2)c(Nc2cccc(Cl)c2C)nc1=O. The number of nitriles is 1. The summed E-state index contributed by atoms with van der Waals surface area (Å²) in [7, 11) is 1.43. The van der Waals surface area contributed by atoms with E-state index in [-0.39, 0.29) is 5.75 Å². The van der Waals surface area contributed by atoms with Gasteiger partial charge in [-0.05, 0) is 42.3 Å². The van der Waals surface area contributed by atoms with Gasteiger partial charge in [0.2, 0.25) is 11.7 Å². The number of ether oxygens (including phenoxy) is 1. The van der Waals surface area contributed by atoms with E-state index in [1.54, 1.807) is 29.0 Å². The van der Waals surface area contributed by atoms with Crippen LogP contribution in [0.1, 0.15) is 16.7 Å². The Bertz CT molecular complexity index is 1070. The average molecular weight is 381 g/mol. The largest absolute Gasteiger partial charge is 0.490 e. The van der Waals surface area contributed by atoms with Crippen LogP contribution in [0.25, 0.3) is 0 Å². The van der Waals surface area contributed by atoms with E-state index in [1.165, 1.54) is 7.11 Å². The normalized spacial score (nSPS) is 10.3. The van der Waals surface area contributed by atoms with Crippen LogP contribution < -0.4 is 15.6 Å². The Hall–Kier alpha value is -3.30. The van der Waals surface area contributed by atoms with Gasteiger partial charge < -0.3 is 14.6 Å². The first-order valence-electron chi connectivity index (χ1n) is 8.18. The molecule has 0 unspecified atom stereocenters.